The van der Waals surface area contributed by atoms with Gasteiger partial charge in [-0.2, -0.15) is 0 Å². The van der Waals surface area contributed by atoms with Crippen molar-refractivity contribution >= 4 is 23.2 Å². The second-order valence-corrected chi connectivity index (χ2v) is 6.30. The van der Waals surface area contributed by atoms with Crippen LogP contribution in [-0.2, 0) is 0 Å². The van der Waals surface area contributed by atoms with E-state index in [0.717, 1.165) is 41.0 Å². The van der Waals surface area contributed by atoms with Crippen LogP contribution in [0.4, 0.5) is 0 Å². The van der Waals surface area contributed by atoms with Gasteiger partial charge in [0.25, 0.3) is 0 Å². The second kappa shape index (κ2) is 7.52. The third-order valence-electron chi connectivity index (χ3n) is 4.13. The van der Waals surface area contributed by atoms with Crippen LogP contribution in [0.1, 0.15) is 50.5 Å². The lowest BCUT2D eigenvalue weighted by molar-refractivity contribution is 0.411. The SMILES string of the molecule is CCCNCC(c1c(Cl)cccc1Cl)C1CCCC1. The first-order chi connectivity index (χ1) is 9.24. The molecule has 2 rings (SSSR count). The minimum Gasteiger partial charge on any atom is -0.316 e. The van der Waals surface area contributed by atoms with E-state index in [1.807, 2.05) is 18.2 Å². The van der Waals surface area contributed by atoms with Gasteiger partial charge in [0, 0.05) is 22.5 Å². The Kier molecular flexibility index (Phi) is 6.00. The summed E-state index contributed by atoms with van der Waals surface area (Å²) >= 11 is 12.8. The van der Waals surface area contributed by atoms with Gasteiger partial charge in [0.05, 0.1) is 0 Å². The largest absolute Gasteiger partial charge is 0.316 e. The van der Waals surface area contributed by atoms with Gasteiger partial charge in [-0.1, -0.05) is 49.0 Å². The topological polar surface area (TPSA) is 12.0 Å². The van der Waals surface area contributed by atoms with Crippen LogP contribution in [0, 0.1) is 5.92 Å². The molecule has 1 N–H and O–H groups in total. The molecule has 1 saturated carbocycles. The van der Waals surface area contributed by atoms with E-state index in [1.54, 1.807) is 0 Å². The minimum absolute atomic E-state index is 0.454. The fraction of sp³-hybridized carbons (Fsp3) is 0.625. The molecule has 0 heterocycles. The lowest BCUT2D eigenvalue weighted by Crippen LogP contribution is -2.27. The maximum Gasteiger partial charge on any atom is 0.0456 e. The van der Waals surface area contributed by atoms with Crippen molar-refractivity contribution in [2.45, 2.75) is 44.9 Å². The number of nitrogens with one attached hydrogen (secondary N) is 1. The van der Waals surface area contributed by atoms with E-state index in [1.165, 1.54) is 25.7 Å². The maximum atomic E-state index is 6.40. The van der Waals surface area contributed by atoms with Crippen molar-refractivity contribution in [2.75, 3.05) is 13.1 Å². The zero-order chi connectivity index (χ0) is 13.7. The highest BCUT2D eigenvalue weighted by Gasteiger charge is 2.28. The molecule has 0 radical (unpaired) electrons. The van der Waals surface area contributed by atoms with E-state index in [4.69, 9.17) is 23.2 Å². The molecule has 0 aromatic heterocycles. The Bertz CT molecular complexity index is 379. The van der Waals surface area contributed by atoms with Crippen LogP contribution in [0.15, 0.2) is 18.2 Å². The highest BCUT2D eigenvalue weighted by atomic mass is 35.5. The standard InChI is InChI=1S/C16H23Cl2N/c1-2-10-19-11-13(12-6-3-4-7-12)16-14(17)8-5-9-15(16)18/h5,8-9,12-13,19H,2-4,6-7,10-11H2,1H3. The molecule has 0 aliphatic heterocycles. The third kappa shape index (κ3) is 3.87. The van der Waals surface area contributed by atoms with Crippen molar-refractivity contribution in [1.29, 1.82) is 0 Å². The summed E-state index contributed by atoms with van der Waals surface area (Å²) in [6, 6.07) is 5.86. The van der Waals surface area contributed by atoms with Crippen molar-refractivity contribution in [1.82, 2.24) is 5.32 Å². The van der Waals surface area contributed by atoms with Crippen LogP contribution >= 0.6 is 23.2 Å². The molecule has 0 saturated heterocycles. The summed E-state index contributed by atoms with van der Waals surface area (Å²) in [5, 5.41) is 5.19. The molecular formula is C16H23Cl2N. The zero-order valence-electron chi connectivity index (χ0n) is 11.6. The van der Waals surface area contributed by atoms with E-state index < -0.39 is 0 Å². The van der Waals surface area contributed by atoms with Crippen LogP contribution in [0.5, 0.6) is 0 Å². The first-order valence-corrected chi connectivity index (χ1v) is 8.14. The van der Waals surface area contributed by atoms with Gasteiger partial charge in [0.2, 0.25) is 0 Å². The van der Waals surface area contributed by atoms with Gasteiger partial charge in [-0.15, -0.1) is 0 Å². The number of halogens is 2. The smallest absolute Gasteiger partial charge is 0.0456 e. The lowest BCUT2D eigenvalue weighted by atomic mass is 9.84. The molecule has 0 bridgehead atoms. The summed E-state index contributed by atoms with van der Waals surface area (Å²) in [5.41, 5.74) is 1.15. The first kappa shape index (κ1) is 15.2. The summed E-state index contributed by atoms with van der Waals surface area (Å²) in [4.78, 5) is 0. The monoisotopic (exact) mass is 299 g/mol. The number of benzene rings is 1. The third-order valence-corrected chi connectivity index (χ3v) is 4.79. The zero-order valence-corrected chi connectivity index (χ0v) is 13.1. The maximum absolute atomic E-state index is 6.40. The van der Waals surface area contributed by atoms with Crippen molar-refractivity contribution in [3.8, 4) is 0 Å². The Hall–Kier alpha value is -0.240. The number of rotatable bonds is 6. The molecular weight excluding hydrogens is 277 g/mol. The Morgan fingerprint density at radius 2 is 1.84 bits per heavy atom. The van der Waals surface area contributed by atoms with Crippen LogP contribution < -0.4 is 5.32 Å². The predicted octanol–water partition coefficient (Wildman–Crippen LogP) is 5.27. The molecule has 106 valence electrons. The predicted molar refractivity (Wildman–Crippen MR) is 84.3 cm³/mol. The molecule has 1 aliphatic carbocycles. The summed E-state index contributed by atoms with van der Waals surface area (Å²) < 4.78 is 0. The van der Waals surface area contributed by atoms with Crippen LogP contribution in [-0.4, -0.2) is 13.1 Å². The Morgan fingerprint density at radius 1 is 1.21 bits per heavy atom. The van der Waals surface area contributed by atoms with Gasteiger partial charge in [-0.05, 0) is 49.4 Å². The number of hydrogen-bond acceptors (Lipinski definition) is 1. The summed E-state index contributed by atoms with van der Waals surface area (Å²) in [7, 11) is 0. The van der Waals surface area contributed by atoms with Gasteiger partial charge < -0.3 is 5.32 Å². The van der Waals surface area contributed by atoms with E-state index in [9.17, 15) is 0 Å². The van der Waals surface area contributed by atoms with Gasteiger partial charge in [-0.3, -0.25) is 0 Å². The van der Waals surface area contributed by atoms with Crippen molar-refractivity contribution in [2.24, 2.45) is 5.92 Å². The summed E-state index contributed by atoms with van der Waals surface area (Å²) in [6.07, 6.45) is 6.46. The quantitative estimate of drug-likeness (QED) is 0.706. The van der Waals surface area contributed by atoms with Gasteiger partial charge in [-0.25, -0.2) is 0 Å². The fourth-order valence-electron chi connectivity index (χ4n) is 3.16. The molecule has 0 spiro atoms. The van der Waals surface area contributed by atoms with Crippen LogP contribution in [0.3, 0.4) is 0 Å². The Balaban J connectivity index is 2.20. The molecule has 1 fully saturated rings. The lowest BCUT2D eigenvalue weighted by Gasteiger charge is -2.26. The molecule has 1 nitrogen and oxygen atoms in total. The molecule has 3 heteroatoms. The highest BCUT2D eigenvalue weighted by Crippen LogP contribution is 2.42. The van der Waals surface area contributed by atoms with E-state index in [0.29, 0.717) is 5.92 Å². The van der Waals surface area contributed by atoms with E-state index in [2.05, 4.69) is 12.2 Å². The van der Waals surface area contributed by atoms with E-state index >= 15 is 0 Å². The average molecular weight is 300 g/mol. The van der Waals surface area contributed by atoms with Crippen molar-refractivity contribution in [3.05, 3.63) is 33.8 Å². The molecule has 1 aliphatic rings. The van der Waals surface area contributed by atoms with Gasteiger partial charge in [0.1, 0.15) is 0 Å². The first-order valence-electron chi connectivity index (χ1n) is 7.38. The fourth-order valence-corrected chi connectivity index (χ4v) is 3.84. The summed E-state index contributed by atoms with van der Waals surface area (Å²) in [5.74, 6) is 1.18. The van der Waals surface area contributed by atoms with Crippen LogP contribution in [0.25, 0.3) is 0 Å². The van der Waals surface area contributed by atoms with Crippen LogP contribution in [0.2, 0.25) is 10.0 Å². The average Bonchev–Trinajstić information content (AvgIpc) is 2.90. The Labute approximate surface area is 126 Å². The highest BCUT2D eigenvalue weighted by molar-refractivity contribution is 6.36. The molecule has 19 heavy (non-hydrogen) atoms. The molecule has 1 atom stereocenters. The van der Waals surface area contributed by atoms with Gasteiger partial charge >= 0.3 is 0 Å². The molecule has 1 unspecified atom stereocenters. The van der Waals surface area contributed by atoms with Crippen molar-refractivity contribution < 1.29 is 0 Å². The van der Waals surface area contributed by atoms with Gasteiger partial charge in [0.15, 0.2) is 0 Å². The van der Waals surface area contributed by atoms with Crippen molar-refractivity contribution in [3.63, 3.8) is 0 Å². The molecule has 1 aromatic rings. The van der Waals surface area contributed by atoms with E-state index in [-0.39, 0.29) is 0 Å². The molecule has 0 amide bonds. The number of hydrogen-bond donors (Lipinski definition) is 1. The summed E-state index contributed by atoms with van der Waals surface area (Å²) in [6.45, 7) is 4.24. The Morgan fingerprint density at radius 3 is 2.42 bits per heavy atom. The minimum atomic E-state index is 0.454. The molecule has 1 aromatic carbocycles. The normalized spacial score (nSPS) is 17.8. The second-order valence-electron chi connectivity index (χ2n) is 5.49.